The van der Waals surface area contributed by atoms with Gasteiger partial charge in [-0.25, -0.2) is 0 Å². The van der Waals surface area contributed by atoms with Crippen LogP contribution in [0.25, 0.3) is 0 Å². The Morgan fingerprint density at radius 1 is 0.444 bits per heavy atom. The molecule has 6 nitrogen and oxygen atoms in total. The third kappa shape index (κ3) is 49.6. The Kier molecular flexibility index (Phi) is 51.6. The number of nitrogens with one attached hydrogen (secondary N) is 1. The number of esters is 1. The molecule has 0 aliphatic rings. The molecular weight excluding hydrogens is 779 g/mol. The van der Waals surface area contributed by atoms with Gasteiger partial charge in [0.25, 0.3) is 0 Å². The molecule has 0 bridgehead atoms. The number of rotatable bonds is 52. The van der Waals surface area contributed by atoms with E-state index >= 15 is 0 Å². The summed E-state index contributed by atoms with van der Waals surface area (Å²) in [7, 11) is 0. The average Bonchev–Trinajstić information content (AvgIpc) is 3.28. The number of hydrogen-bond donors (Lipinski definition) is 3. The second-order valence-corrected chi connectivity index (χ2v) is 19.3. The van der Waals surface area contributed by atoms with Crippen LogP contribution in [0.1, 0.15) is 303 Å². The van der Waals surface area contributed by atoms with Crippen LogP contribution in [-0.4, -0.2) is 47.4 Å². The van der Waals surface area contributed by atoms with Gasteiger partial charge in [-0.3, -0.25) is 9.59 Å². The van der Waals surface area contributed by atoms with Crippen LogP contribution in [0.2, 0.25) is 0 Å². The lowest BCUT2D eigenvalue weighted by Crippen LogP contribution is -2.45. The van der Waals surface area contributed by atoms with Gasteiger partial charge in [-0.2, -0.15) is 0 Å². The molecule has 0 fully saturated rings. The van der Waals surface area contributed by atoms with E-state index in [1.165, 1.54) is 193 Å². The lowest BCUT2D eigenvalue weighted by atomic mass is 10.0. The predicted octanol–water partition coefficient (Wildman–Crippen LogP) is 17.1. The Bertz CT molecular complexity index is 982. The van der Waals surface area contributed by atoms with E-state index in [0.29, 0.717) is 25.9 Å². The average molecular weight is 889 g/mol. The molecule has 0 radical (unpaired) electrons. The molecular formula is C57H109NO5. The van der Waals surface area contributed by atoms with Crippen LogP contribution in [0.4, 0.5) is 0 Å². The highest BCUT2D eigenvalue weighted by Gasteiger charge is 2.20. The second-order valence-electron chi connectivity index (χ2n) is 19.3. The fourth-order valence-electron chi connectivity index (χ4n) is 8.69. The van der Waals surface area contributed by atoms with Crippen LogP contribution in [0.15, 0.2) is 24.3 Å². The van der Waals surface area contributed by atoms with Gasteiger partial charge >= 0.3 is 5.97 Å². The minimum absolute atomic E-state index is 0.0198. The van der Waals surface area contributed by atoms with E-state index in [1.54, 1.807) is 0 Å². The number of carbonyl (C=O) groups excluding carboxylic acids is 2. The first-order valence-electron chi connectivity index (χ1n) is 28.1. The van der Waals surface area contributed by atoms with Crippen molar-refractivity contribution in [3.63, 3.8) is 0 Å². The summed E-state index contributed by atoms with van der Waals surface area (Å²) in [6, 6.07) is -0.558. The highest BCUT2D eigenvalue weighted by atomic mass is 16.5. The first-order chi connectivity index (χ1) is 31.0. The van der Waals surface area contributed by atoms with Gasteiger partial charge in [0.05, 0.1) is 25.4 Å². The van der Waals surface area contributed by atoms with Gasteiger partial charge in [0.1, 0.15) is 0 Å². The number of unbranched alkanes of at least 4 members (excludes halogenated alkanes) is 38. The van der Waals surface area contributed by atoms with E-state index in [9.17, 15) is 19.8 Å². The maximum Gasteiger partial charge on any atom is 0.305 e. The lowest BCUT2D eigenvalue weighted by Gasteiger charge is -2.22. The van der Waals surface area contributed by atoms with Crippen molar-refractivity contribution >= 4 is 11.9 Å². The molecule has 2 unspecified atom stereocenters. The fraction of sp³-hybridized carbons (Fsp3) is 0.895. The monoisotopic (exact) mass is 888 g/mol. The molecule has 0 aromatic rings. The molecule has 0 saturated heterocycles. The summed E-state index contributed by atoms with van der Waals surface area (Å²) in [5.74, 6) is -0.0752. The highest BCUT2D eigenvalue weighted by Crippen LogP contribution is 2.17. The van der Waals surface area contributed by atoms with Gasteiger partial charge in [0.15, 0.2) is 0 Å². The van der Waals surface area contributed by atoms with Crippen molar-refractivity contribution in [1.29, 1.82) is 0 Å². The van der Waals surface area contributed by atoms with Gasteiger partial charge in [0.2, 0.25) is 5.91 Å². The molecule has 0 aromatic heterocycles. The Hall–Kier alpha value is -1.66. The Morgan fingerprint density at radius 2 is 0.778 bits per heavy atom. The normalized spacial score (nSPS) is 12.8. The molecule has 0 saturated carbocycles. The van der Waals surface area contributed by atoms with Crippen LogP contribution in [0.5, 0.6) is 0 Å². The van der Waals surface area contributed by atoms with Gasteiger partial charge in [-0.1, -0.05) is 256 Å². The first-order valence-corrected chi connectivity index (χ1v) is 28.1. The maximum atomic E-state index is 12.5. The summed E-state index contributed by atoms with van der Waals surface area (Å²) in [5.41, 5.74) is 0. The Balaban J connectivity index is 3.51. The van der Waals surface area contributed by atoms with Gasteiger partial charge in [-0.15, -0.1) is 0 Å². The maximum absolute atomic E-state index is 12.5. The zero-order valence-electron chi connectivity index (χ0n) is 42.3. The van der Waals surface area contributed by atoms with Crippen LogP contribution >= 0.6 is 0 Å². The van der Waals surface area contributed by atoms with Crippen LogP contribution < -0.4 is 5.32 Å². The second kappa shape index (κ2) is 53.0. The lowest BCUT2D eigenvalue weighted by molar-refractivity contribution is -0.143. The molecule has 3 N–H and O–H groups in total. The Labute approximate surface area is 392 Å². The third-order valence-electron chi connectivity index (χ3n) is 13.0. The van der Waals surface area contributed by atoms with Gasteiger partial charge in [0, 0.05) is 12.8 Å². The van der Waals surface area contributed by atoms with Crippen LogP contribution in [-0.2, 0) is 14.3 Å². The summed E-state index contributed by atoms with van der Waals surface area (Å²) in [4.78, 5) is 24.5. The predicted molar refractivity (Wildman–Crippen MR) is 273 cm³/mol. The molecule has 63 heavy (non-hydrogen) atoms. The SMILES string of the molecule is CCCCCCCCCCCCCCCCCCCCC(O)C(CO)NC(=O)CCCCCCCC/C=C\C=C/CCCCCOC(=O)CCCCCCCCCCCCCCC. The minimum Gasteiger partial charge on any atom is -0.466 e. The molecule has 0 aliphatic heterocycles. The van der Waals surface area contributed by atoms with Gasteiger partial charge in [-0.05, 0) is 57.8 Å². The molecule has 372 valence electrons. The van der Waals surface area contributed by atoms with Crippen molar-refractivity contribution in [2.75, 3.05) is 13.2 Å². The van der Waals surface area contributed by atoms with E-state index in [1.807, 2.05) is 0 Å². The number of allylic oxidation sites excluding steroid dienone is 4. The molecule has 6 heteroatoms. The summed E-state index contributed by atoms with van der Waals surface area (Å²) < 4.78 is 5.44. The fourth-order valence-corrected chi connectivity index (χ4v) is 8.69. The smallest absolute Gasteiger partial charge is 0.305 e. The van der Waals surface area contributed by atoms with Crippen LogP contribution in [0.3, 0.4) is 0 Å². The number of aliphatic hydroxyl groups excluding tert-OH is 2. The van der Waals surface area contributed by atoms with E-state index in [-0.39, 0.29) is 18.5 Å². The first kappa shape index (κ1) is 61.3. The van der Waals surface area contributed by atoms with Crippen molar-refractivity contribution < 1.29 is 24.5 Å². The highest BCUT2D eigenvalue weighted by molar-refractivity contribution is 5.76. The third-order valence-corrected chi connectivity index (χ3v) is 13.0. The van der Waals surface area contributed by atoms with Crippen molar-refractivity contribution in [3.05, 3.63) is 24.3 Å². The number of ether oxygens (including phenoxy) is 1. The largest absolute Gasteiger partial charge is 0.466 e. The zero-order valence-corrected chi connectivity index (χ0v) is 42.3. The number of hydrogen-bond acceptors (Lipinski definition) is 5. The molecule has 0 aliphatic carbocycles. The Morgan fingerprint density at radius 3 is 1.17 bits per heavy atom. The van der Waals surface area contributed by atoms with Crippen molar-refractivity contribution in [2.45, 2.75) is 315 Å². The summed E-state index contributed by atoms with van der Waals surface area (Å²) in [5, 5.41) is 23.3. The minimum atomic E-state index is -0.678. The van der Waals surface area contributed by atoms with E-state index in [2.05, 4.69) is 43.5 Å². The zero-order chi connectivity index (χ0) is 45.8. The summed E-state index contributed by atoms with van der Waals surface area (Å²) in [6.45, 7) is 4.91. The molecule has 0 aromatic carbocycles. The van der Waals surface area contributed by atoms with Gasteiger partial charge < -0.3 is 20.3 Å². The molecule has 0 spiro atoms. The quantitative estimate of drug-likeness (QED) is 0.0321. The van der Waals surface area contributed by atoms with Crippen molar-refractivity contribution in [1.82, 2.24) is 5.32 Å². The number of carbonyl (C=O) groups is 2. The standard InChI is InChI=1S/C57H109NO5/c1-3-5-7-9-11-13-15-17-18-19-20-22-26-29-33-37-41-45-49-55(60)54(53-59)58-56(61)50-46-42-38-34-30-27-23-21-24-28-32-36-40-44-48-52-63-57(62)51-47-43-39-35-31-25-16-14-12-10-8-6-4-2/h21,24,28,32,54-55,59-60H,3-20,22-23,25-27,29-31,33-53H2,1-2H3,(H,58,61)/b24-21-,32-28-. The molecule has 0 rings (SSSR count). The van der Waals surface area contributed by atoms with E-state index < -0.39 is 12.1 Å². The molecule has 1 amide bonds. The summed E-state index contributed by atoms with van der Waals surface area (Å²) in [6.07, 6.45) is 63.0. The molecule has 2 atom stereocenters. The number of aliphatic hydroxyl groups is 2. The van der Waals surface area contributed by atoms with E-state index in [4.69, 9.17) is 4.74 Å². The van der Waals surface area contributed by atoms with Crippen LogP contribution in [0, 0.1) is 0 Å². The summed E-state index contributed by atoms with van der Waals surface area (Å²) >= 11 is 0. The topological polar surface area (TPSA) is 95.9 Å². The van der Waals surface area contributed by atoms with Crippen molar-refractivity contribution in [3.8, 4) is 0 Å². The van der Waals surface area contributed by atoms with E-state index in [0.717, 1.165) is 77.0 Å². The number of amides is 1. The van der Waals surface area contributed by atoms with Crippen molar-refractivity contribution in [2.24, 2.45) is 0 Å². The molecule has 0 heterocycles.